The molecule has 0 amide bonds. The Balaban J connectivity index is 1.46. The molecule has 0 unspecified atom stereocenters. The van der Waals surface area contributed by atoms with E-state index in [9.17, 15) is 9.59 Å². The van der Waals surface area contributed by atoms with Gasteiger partial charge in [0.1, 0.15) is 17.1 Å². The Kier molecular flexibility index (Phi) is 4.86. The monoisotopic (exact) mass is 424 g/mol. The molecule has 0 spiro atoms. The molecular weight excluding hydrogens is 404 g/mol. The van der Waals surface area contributed by atoms with Crippen LogP contribution in [0.5, 0.6) is 11.5 Å². The van der Waals surface area contributed by atoms with Crippen LogP contribution in [-0.2, 0) is 0 Å². The van der Waals surface area contributed by atoms with Crippen LogP contribution >= 0.6 is 0 Å². The molecule has 5 nitrogen and oxygen atoms in total. The van der Waals surface area contributed by atoms with Crippen molar-refractivity contribution in [1.82, 2.24) is 0 Å². The number of Topliss-reactive ketones (excluding diaryl/α,β-unsaturated/α-hetero) is 1. The van der Waals surface area contributed by atoms with Crippen LogP contribution in [-0.4, -0.2) is 19.5 Å². The average molecular weight is 424 g/mol. The first kappa shape index (κ1) is 19.8. The molecule has 0 saturated carbocycles. The van der Waals surface area contributed by atoms with Gasteiger partial charge in [0.2, 0.25) is 0 Å². The largest absolute Gasteiger partial charge is 0.497 e. The van der Waals surface area contributed by atoms with E-state index in [0.29, 0.717) is 33.6 Å². The van der Waals surface area contributed by atoms with Crippen molar-refractivity contribution in [2.45, 2.75) is 6.92 Å². The molecule has 32 heavy (non-hydrogen) atoms. The number of ether oxygens (including phenoxy) is 2. The zero-order chi connectivity index (χ0) is 22.2. The van der Waals surface area contributed by atoms with Gasteiger partial charge in [0.15, 0.2) is 12.4 Å². The van der Waals surface area contributed by atoms with Gasteiger partial charge in [0, 0.05) is 21.9 Å². The minimum atomic E-state index is -0.445. The number of methoxy groups -OCH3 is 1. The minimum absolute atomic E-state index is 0.111. The summed E-state index contributed by atoms with van der Waals surface area (Å²) in [6.07, 6.45) is 0. The summed E-state index contributed by atoms with van der Waals surface area (Å²) in [4.78, 5) is 25.3. The van der Waals surface area contributed by atoms with Gasteiger partial charge in [-0.15, -0.1) is 0 Å². The topological polar surface area (TPSA) is 65.7 Å². The molecule has 0 bridgehead atoms. The van der Waals surface area contributed by atoms with E-state index in [1.807, 2.05) is 61.5 Å². The van der Waals surface area contributed by atoms with Crippen LogP contribution in [0, 0.1) is 6.92 Å². The van der Waals surface area contributed by atoms with Crippen LogP contribution in [0.3, 0.4) is 0 Å². The van der Waals surface area contributed by atoms with Gasteiger partial charge in [-0.3, -0.25) is 4.79 Å². The molecule has 0 saturated heterocycles. The van der Waals surface area contributed by atoms with E-state index in [4.69, 9.17) is 13.9 Å². The highest BCUT2D eigenvalue weighted by molar-refractivity contribution is 6.06. The summed E-state index contributed by atoms with van der Waals surface area (Å²) in [6.45, 7) is 1.70. The lowest BCUT2D eigenvalue weighted by Gasteiger charge is -2.12. The van der Waals surface area contributed by atoms with Crippen molar-refractivity contribution >= 4 is 38.3 Å². The number of hydrogen-bond donors (Lipinski definition) is 0. The molecule has 5 heteroatoms. The second-order valence-corrected chi connectivity index (χ2v) is 7.64. The van der Waals surface area contributed by atoms with Crippen molar-refractivity contribution in [3.05, 3.63) is 94.3 Å². The van der Waals surface area contributed by atoms with E-state index >= 15 is 0 Å². The molecule has 1 aromatic heterocycles. The summed E-state index contributed by atoms with van der Waals surface area (Å²) >= 11 is 0. The van der Waals surface area contributed by atoms with Gasteiger partial charge in [-0.25, -0.2) is 4.79 Å². The number of ketones is 1. The molecule has 0 aliphatic rings. The van der Waals surface area contributed by atoms with E-state index in [-0.39, 0.29) is 12.4 Å². The highest BCUT2D eigenvalue weighted by Crippen LogP contribution is 2.32. The molecule has 0 radical (unpaired) electrons. The number of aryl methyl sites for hydroxylation is 1. The first-order valence-corrected chi connectivity index (χ1v) is 10.2. The molecule has 1 heterocycles. The minimum Gasteiger partial charge on any atom is -0.497 e. The number of carbonyl (C=O) groups is 1. The zero-order valence-corrected chi connectivity index (χ0v) is 17.7. The number of carbonyl (C=O) groups excluding carboxylic acids is 1. The molecule has 5 rings (SSSR count). The molecule has 158 valence electrons. The third kappa shape index (κ3) is 3.38. The lowest BCUT2D eigenvalue weighted by atomic mass is 10.0. The van der Waals surface area contributed by atoms with Gasteiger partial charge in [-0.2, -0.15) is 0 Å². The van der Waals surface area contributed by atoms with Gasteiger partial charge < -0.3 is 13.9 Å². The van der Waals surface area contributed by atoms with Gasteiger partial charge in [0.25, 0.3) is 0 Å². The van der Waals surface area contributed by atoms with Crippen molar-refractivity contribution in [3.63, 3.8) is 0 Å². The Hall–Kier alpha value is -4.12. The van der Waals surface area contributed by atoms with Gasteiger partial charge in [-0.1, -0.05) is 36.4 Å². The lowest BCUT2D eigenvalue weighted by Crippen LogP contribution is -2.12. The van der Waals surface area contributed by atoms with E-state index in [2.05, 4.69) is 0 Å². The molecule has 0 atom stereocenters. The summed E-state index contributed by atoms with van der Waals surface area (Å²) in [5, 5.41) is 4.11. The smallest absolute Gasteiger partial charge is 0.344 e. The normalized spacial score (nSPS) is 11.2. The Morgan fingerprint density at radius 2 is 1.66 bits per heavy atom. The molecular formula is C27H20O5. The second-order valence-electron chi connectivity index (χ2n) is 7.64. The predicted molar refractivity (Wildman–Crippen MR) is 125 cm³/mol. The number of fused-ring (bicyclic) bond motifs is 4. The van der Waals surface area contributed by atoms with Crippen LogP contribution in [0.1, 0.15) is 15.9 Å². The first-order valence-electron chi connectivity index (χ1n) is 10.2. The van der Waals surface area contributed by atoms with Gasteiger partial charge in [0.05, 0.1) is 12.5 Å². The lowest BCUT2D eigenvalue weighted by molar-refractivity contribution is 0.0921. The van der Waals surface area contributed by atoms with Crippen molar-refractivity contribution in [3.8, 4) is 11.5 Å². The molecule has 0 aliphatic carbocycles. The highest BCUT2D eigenvalue weighted by atomic mass is 16.5. The highest BCUT2D eigenvalue weighted by Gasteiger charge is 2.15. The Labute approximate surface area is 183 Å². The maximum Gasteiger partial charge on any atom is 0.344 e. The van der Waals surface area contributed by atoms with E-state index < -0.39 is 5.63 Å². The first-order chi connectivity index (χ1) is 15.5. The van der Waals surface area contributed by atoms with Crippen LogP contribution < -0.4 is 15.1 Å². The molecule has 4 aromatic carbocycles. The fraction of sp³-hybridized carbons (Fsp3) is 0.111. The van der Waals surface area contributed by atoms with Crippen molar-refractivity contribution in [2.24, 2.45) is 0 Å². The SMILES string of the molecule is COc1ccc2c(c1)c(=O)oc1c(C)c(OCC(=O)c3ccc4ccccc4c3)ccc12. The number of benzene rings is 4. The van der Waals surface area contributed by atoms with Gasteiger partial charge in [-0.05, 0) is 54.1 Å². The maximum absolute atomic E-state index is 12.7. The van der Waals surface area contributed by atoms with Crippen molar-refractivity contribution < 1.29 is 18.7 Å². The fourth-order valence-corrected chi connectivity index (χ4v) is 3.96. The fourth-order valence-electron chi connectivity index (χ4n) is 3.96. The van der Waals surface area contributed by atoms with E-state index in [1.165, 1.54) is 0 Å². The quantitative estimate of drug-likeness (QED) is 0.206. The Morgan fingerprint density at radius 1 is 0.875 bits per heavy atom. The predicted octanol–water partition coefficient (Wildman–Crippen LogP) is 5.68. The van der Waals surface area contributed by atoms with E-state index in [1.54, 1.807) is 25.3 Å². The van der Waals surface area contributed by atoms with Crippen LogP contribution in [0.2, 0.25) is 0 Å². The molecule has 0 fully saturated rings. The van der Waals surface area contributed by atoms with E-state index in [0.717, 1.165) is 21.5 Å². The van der Waals surface area contributed by atoms with Crippen LogP contribution in [0.4, 0.5) is 0 Å². The third-order valence-electron chi connectivity index (χ3n) is 5.72. The molecule has 5 aromatic rings. The zero-order valence-electron chi connectivity index (χ0n) is 17.7. The summed E-state index contributed by atoms with van der Waals surface area (Å²) in [7, 11) is 1.55. The Bertz CT molecular complexity index is 1560. The van der Waals surface area contributed by atoms with Crippen LogP contribution in [0.25, 0.3) is 32.5 Å². The van der Waals surface area contributed by atoms with Crippen molar-refractivity contribution in [2.75, 3.05) is 13.7 Å². The van der Waals surface area contributed by atoms with Crippen molar-refractivity contribution in [1.29, 1.82) is 0 Å². The second kappa shape index (κ2) is 7.85. The van der Waals surface area contributed by atoms with Gasteiger partial charge >= 0.3 is 5.63 Å². The van der Waals surface area contributed by atoms with Crippen LogP contribution in [0.15, 0.2) is 82.0 Å². The summed E-state index contributed by atoms with van der Waals surface area (Å²) < 4.78 is 16.7. The standard InChI is InChI=1S/C27H20O5/c1-16-25(31-15-24(28)19-8-7-17-5-3-4-6-18(17)13-19)12-11-22-21-10-9-20(30-2)14-23(21)27(29)32-26(16)22/h3-14H,15H2,1-2H3. The maximum atomic E-state index is 12.7. The summed E-state index contributed by atoms with van der Waals surface area (Å²) in [5.74, 6) is 0.970. The average Bonchev–Trinajstić information content (AvgIpc) is 2.83. The Morgan fingerprint density at radius 3 is 2.47 bits per heavy atom. The molecule has 0 aliphatic heterocycles. The summed E-state index contributed by atoms with van der Waals surface area (Å²) in [5.41, 5.74) is 1.26. The third-order valence-corrected chi connectivity index (χ3v) is 5.72. The number of hydrogen-bond acceptors (Lipinski definition) is 5. The summed E-state index contributed by atoms with van der Waals surface area (Å²) in [6, 6.07) is 22.5. The molecule has 0 N–H and O–H groups in total. The number of rotatable bonds is 5.